The lowest BCUT2D eigenvalue weighted by Gasteiger charge is -2.07. The van der Waals surface area contributed by atoms with Crippen LogP contribution in [0.4, 0.5) is 0 Å². The highest BCUT2D eigenvalue weighted by Crippen LogP contribution is 2.26. The summed E-state index contributed by atoms with van der Waals surface area (Å²) in [5.41, 5.74) is 0.880. The van der Waals surface area contributed by atoms with Crippen molar-refractivity contribution in [2.24, 2.45) is 0 Å². The minimum absolute atomic E-state index is 0.118. The number of nitrogens with one attached hydrogen (secondary N) is 1. The molecule has 23 heavy (non-hydrogen) atoms. The van der Waals surface area contributed by atoms with E-state index in [9.17, 15) is 13.2 Å². The molecule has 0 unspecified atom stereocenters. The molecular weight excluding hydrogens is 357 g/mol. The van der Waals surface area contributed by atoms with Crippen LogP contribution in [0, 0.1) is 6.92 Å². The number of hydrogen-bond acceptors (Lipinski definition) is 3. The van der Waals surface area contributed by atoms with Crippen molar-refractivity contribution in [1.29, 1.82) is 0 Å². The van der Waals surface area contributed by atoms with Crippen molar-refractivity contribution in [3.8, 4) is 0 Å². The average molecular weight is 368 g/mol. The van der Waals surface area contributed by atoms with Crippen molar-refractivity contribution in [1.82, 2.24) is 4.98 Å². The summed E-state index contributed by atoms with van der Waals surface area (Å²) in [7, 11) is -4.03. The van der Waals surface area contributed by atoms with Gasteiger partial charge in [-0.3, -0.25) is 4.79 Å². The van der Waals surface area contributed by atoms with Crippen LogP contribution in [0.25, 0.3) is 10.9 Å². The first-order valence-electron chi connectivity index (χ1n) is 6.62. The highest BCUT2D eigenvalue weighted by Gasteiger charge is 2.23. The van der Waals surface area contributed by atoms with Crippen LogP contribution in [-0.2, 0) is 9.84 Å². The van der Waals surface area contributed by atoms with Gasteiger partial charge in [0.25, 0.3) is 0 Å². The molecule has 7 heteroatoms. The van der Waals surface area contributed by atoms with Crippen LogP contribution < -0.4 is 5.43 Å². The fourth-order valence-corrected chi connectivity index (χ4v) is 4.37. The van der Waals surface area contributed by atoms with Crippen LogP contribution in [-0.4, -0.2) is 13.4 Å². The van der Waals surface area contributed by atoms with Gasteiger partial charge in [0.1, 0.15) is 4.90 Å². The van der Waals surface area contributed by atoms with Crippen molar-refractivity contribution in [2.45, 2.75) is 16.7 Å². The molecule has 4 nitrogen and oxygen atoms in total. The van der Waals surface area contributed by atoms with E-state index in [0.29, 0.717) is 10.9 Å². The third kappa shape index (κ3) is 2.87. The maximum Gasteiger partial charge on any atom is 0.212 e. The van der Waals surface area contributed by atoms with E-state index in [2.05, 4.69) is 4.98 Å². The Bertz CT molecular complexity index is 1070. The van der Waals surface area contributed by atoms with Crippen molar-refractivity contribution in [2.75, 3.05) is 0 Å². The Morgan fingerprint density at radius 3 is 2.30 bits per heavy atom. The quantitative estimate of drug-likeness (QED) is 0.744. The summed E-state index contributed by atoms with van der Waals surface area (Å²) in [6, 6.07) is 9.18. The summed E-state index contributed by atoms with van der Waals surface area (Å²) in [5.74, 6) is 0. The van der Waals surface area contributed by atoms with Gasteiger partial charge in [-0.15, -0.1) is 0 Å². The molecule has 0 saturated carbocycles. The second-order valence-corrected chi connectivity index (χ2v) is 7.93. The zero-order chi connectivity index (χ0) is 16.8. The second kappa shape index (κ2) is 5.67. The molecular formula is C16H11Cl2NO3S. The van der Waals surface area contributed by atoms with Crippen molar-refractivity contribution in [3.05, 3.63) is 68.4 Å². The van der Waals surface area contributed by atoms with E-state index >= 15 is 0 Å². The van der Waals surface area contributed by atoms with Gasteiger partial charge in [-0.25, -0.2) is 8.42 Å². The average Bonchev–Trinajstić information content (AvgIpc) is 2.47. The predicted molar refractivity (Wildman–Crippen MR) is 91.2 cm³/mol. The number of halogens is 2. The number of H-pyrrole nitrogens is 1. The molecule has 0 aliphatic carbocycles. The zero-order valence-corrected chi connectivity index (χ0v) is 14.3. The van der Waals surface area contributed by atoms with Crippen LogP contribution in [0.15, 0.2) is 57.2 Å². The normalized spacial score (nSPS) is 11.8. The van der Waals surface area contributed by atoms with Gasteiger partial charge < -0.3 is 4.98 Å². The number of aryl methyl sites for hydroxylation is 1. The molecule has 0 amide bonds. The molecule has 118 valence electrons. The van der Waals surface area contributed by atoms with Crippen molar-refractivity contribution in [3.63, 3.8) is 0 Å². The number of aromatic amines is 1. The van der Waals surface area contributed by atoms with Gasteiger partial charge in [-0.05, 0) is 37.3 Å². The zero-order valence-electron chi connectivity index (χ0n) is 11.9. The highest BCUT2D eigenvalue weighted by atomic mass is 35.5. The lowest BCUT2D eigenvalue weighted by molar-refractivity contribution is 0.595. The third-order valence-electron chi connectivity index (χ3n) is 3.44. The number of benzene rings is 2. The molecule has 1 heterocycles. The Morgan fingerprint density at radius 2 is 1.65 bits per heavy atom. The van der Waals surface area contributed by atoms with E-state index in [1.165, 1.54) is 24.4 Å². The molecule has 1 aromatic heterocycles. The smallest absolute Gasteiger partial charge is 0.212 e. The Labute approximate surface area is 142 Å². The molecule has 0 radical (unpaired) electrons. The van der Waals surface area contributed by atoms with E-state index in [4.69, 9.17) is 23.2 Å². The van der Waals surface area contributed by atoms with E-state index in [1.807, 2.05) is 13.0 Å². The van der Waals surface area contributed by atoms with Crippen LogP contribution in [0.5, 0.6) is 0 Å². The Kier molecular flexibility index (Phi) is 3.96. The summed E-state index contributed by atoms with van der Waals surface area (Å²) < 4.78 is 25.5. The lowest BCUT2D eigenvalue weighted by atomic mass is 10.1. The van der Waals surface area contributed by atoms with Gasteiger partial charge in [-0.1, -0.05) is 34.8 Å². The SMILES string of the molecule is Cc1ccc2[nH]cc(S(=O)(=O)c3cc(Cl)cc(Cl)c3)c(=O)c2c1. The van der Waals surface area contributed by atoms with Crippen LogP contribution in [0.2, 0.25) is 10.0 Å². The van der Waals surface area contributed by atoms with Crippen LogP contribution >= 0.6 is 23.2 Å². The Balaban J connectivity index is 2.31. The monoisotopic (exact) mass is 367 g/mol. The first-order valence-corrected chi connectivity index (χ1v) is 8.86. The van der Waals surface area contributed by atoms with Gasteiger partial charge in [0.2, 0.25) is 15.3 Å². The minimum Gasteiger partial charge on any atom is -0.360 e. The molecule has 0 aliphatic rings. The first kappa shape index (κ1) is 16.1. The predicted octanol–water partition coefficient (Wildman–Crippen LogP) is 3.98. The summed E-state index contributed by atoms with van der Waals surface area (Å²) in [6.45, 7) is 1.83. The fourth-order valence-electron chi connectivity index (χ4n) is 2.32. The number of sulfone groups is 1. The minimum atomic E-state index is -4.03. The first-order chi connectivity index (χ1) is 10.8. The number of rotatable bonds is 2. The van der Waals surface area contributed by atoms with Gasteiger partial charge >= 0.3 is 0 Å². The Morgan fingerprint density at radius 1 is 1.00 bits per heavy atom. The second-order valence-electron chi connectivity index (χ2n) is 5.14. The molecule has 1 N–H and O–H groups in total. The van der Waals surface area contributed by atoms with Gasteiger partial charge in [0.15, 0.2) is 0 Å². The molecule has 3 aromatic rings. The summed E-state index contributed by atoms with van der Waals surface area (Å²) >= 11 is 11.7. The molecule has 0 aliphatic heterocycles. The van der Waals surface area contributed by atoms with E-state index in [0.717, 1.165) is 5.56 Å². The standard InChI is InChI=1S/C16H11Cl2NO3S/c1-9-2-3-14-13(4-9)16(20)15(8-19-14)23(21,22)12-6-10(17)5-11(18)7-12/h2-8H,1H3,(H,19,20). The molecule has 2 aromatic carbocycles. The fraction of sp³-hybridized carbons (Fsp3) is 0.0625. The summed E-state index contributed by atoms with van der Waals surface area (Å²) in [6.07, 6.45) is 1.20. The molecule has 0 saturated heterocycles. The van der Waals surface area contributed by atoms with Gasteiger partial charge in [0, 0.05) is 27.1 Å². The van der Waals surface area contributed by atoms with E-state index < -0.39 is 15.3 Å². The molecule has 0 fully saturated rings. The van der Waals surface area contributed by atoms with Crippen LogP contribution in [0.3, 0.4) is 0 Å². The summed E-state index contributed by atoms with van der Waals surface area (Å²) in [4.78, 5) is 15.0. The molecule has 0 bridgehead atoms. The van der Waals surface area contributed by atoms with Crippen molar-refractivity contribution >= 4 is 43.9 Å². The van der Waals surface area contributed by atoms with Crippen LogP contribution in [0.1, 0.15) is 5.56 Å². The Hall–Kier alpha value is -1.82. The topological polar surface area (TPSA) is 67.0 Å². The van der Waals surface area contributed by atoms with Gasteiger partial charge in [-0.2, -0.15) is 0 Å². The largest absolute Gasteiger partial charge is 0.360 e. The maximum atomic E-state index is 12.8. The van der Waals surface area contributed by atoms with Gasteiger partial charge in [0.05, 0.1) is 4.90 Å². The molecule has 0 spiro atoms. The summed E-state index contributed by atoms with van der Waals surface area (Å²) in [5, 5.41) is 0.687. The number of aromatic nitrogens is 1. The number of pyridine rings is 1. The van der Waals surface area contributed by atoms with E-state index in [-0.39, 0.29) is 19.8 Å². The molecule has 3 rings (SSSR count). The maximum absolute atomic E-state index is 12.8. The highest BCUT2D eigenvalue weighted by molar-refractivity contribution is 7.91. The number of fused-ring (bicyclic) bond motifs is 1. The van der Waals surface area contributed by atoms with Crippen molar-refractivity contribution < 1.29 is 8.42 Å². The lowest BCUT2D eigenvalue weighted by Crippen LogP contribution is -2.16. The third-order valence-corrected chi connectivity index (χ3v) is 5.61. The van der Waals surface area contributed by atoms with E-state index in [1.54, 1.807) is 12.1 Å². The molecule has 0 atom stereocenters. The number of hydrogen-bond donors (Lipinski definition) is 1.